The van der Waals surface area contributed by atoms with Gasteiger partial charge in [0.05, 0.1) is 6.54 Å². The van der Waals surface area contributed by atoms with Crippen molar-refractivity contribution in [3.05, 3.63) is 5.01 Å². The fraction of sp³-hybridized carbons (Fsp3) is 0.818. The first-order chi connectivity index (χ1) is 8.76. The fourth-order valence-electron chi connectivity index (χ4n) is 3.02. The predicted octanol–water partition coefficient (Wildman–Crippen LogP) is 0.492. The minimum atomic E-state index is 0.595. The molecule has 7 heteroatoms. The van der Waals surface area contributed by atoms with Gasteiger partial charge in [-0.25, -0.2) is 5.84 Å². The largest absolute Gasteiger partial charge is 0.298 e. The van der Waals surface area contributed by atoms with E-state index in [1.54, 1.807) is 11.3 Å². The highest BCUT2D eigenvalue weighted by Crippen LogP contribution is 2.26. The Labute approximate surface area is 111 Å². The second kappa shape index (κ2) is 5.08. The molecule has 2 fully saturated rings. The van der Waals surface area contributed by atoms with Gasteiger partial charge in [0.1, 0.15) is 5.01 Å². The summed E-state index contributed by atoms with van der Waals surface area (Å²) >= 11 is 1.54. The second-order valence-corrected chi connectivity index (χ2v) is 6.28. The summed E-state index contributed by atoms with van der Waals surface area (Å²) in [6.07, 6.45) is 2.69. The molecule has 6 nitrogen and oxygen atoms in total. The van der Waals surface area contributed by atoms with Crippen molar-refractivity contribution in [2.75, 3.05) is 25.1 Å². The summed E-state index contributed by atoms with van der Waals surface area (Å²) in [6, 6.07) is 1.35. The Hall–Kier alpha value is -0.760. The zero-order chi connectivity index (χ0) is 12.5. The summed E-state index contributed by atoms with van der Waals surface area (Å²) in [5, 5.41) is 9.89. The quantitative estimate of drug-likeness (QED) is 0.614. The lowest BCUT2D eigenvalue weighted by molar-refractivity contribution is 0.0538. The van der Waals surface area contributed by atoms with Crippen molar-refractivity contribution in [1.29, 1.82) is 0 Å². The molecular weight excluding hydrogens is 248 g/mol. The van der Waals surface area contributed by atoms with Crippen LogP contribution in [0.25, 0.3) is 0 Å². The standard InChI is InChI=1S/C11H20N6S/c1-8-5-16-4-2-3-9(16)6-17(8)7-10-14-15-11(13-12)18-10/h8-9H,2-7,12H2,1H3,(H,13,15). The minimum absolute atomic E-state index is 0.595. The highest BCUT2D eigenvalue weighted by Gasteiger charge is 2.34. The average Bonchev–Trinajstić information content (AvgIpc) is 2.98. The number of rotatable bonds is 3. The average molecular weight is 268 g/mol. The number of hydrogen-bond acceptors (Lipinski definition) is 7. The van der Waals surface area contributed by atoms with E-state index in [1.165, 1.54) is 25.9 Å². The molecule has 0 amide bonds. The number of piperazine rings is 1. The molecule has 1 aromatic heterocycles. The number of fused-ring (bicyclic) bond motifs is 1. The van der Waals surface area contributed by atoms with Crippen LogP contribution in [-0.4, -0.2) is 51.7 Å². The summed E-state index contributed by atoms with van der Waals surface area (Å²) in [4.78, 5) is 5.15. The first-order valence-electron chi connectivity index (χ1n) is 6.53. The Morgan fingerprint density at radius 1 is 1.44 bits per heavy atom. The summed E-state index contributed by atoms with van der Waals surface area (Å²) in [5.74, 6) is 5.33. The van der Waals surface area contributed by atoms with Gasteiger partial charge in [-0.3, -0.25) is 15.2 Å². The fourth-order valence-corrected chi connectivity index (χ4v) is 3.69. The molecule has 1 aromatic rings. The zero-order valence-corrected chi connectivity index (χ0v) is 11.5. The first kappa shape index (κ1) is 12.3. The molecule has 3 rings (SSSR count). The Morgan fingerprint density at radius 2 is 2.33 bits per heavy atom. The number of nitrogens with zero attached hydrogens (tertiary/aromatic N) is 4. The van der Waals surface area contributed by atoms with Crippen LogP contribution in [0.3, 0.4) is 0 Å². The van der Waals surface area contributed by atoms with Crippen LogP contribution in [0.1, 0.15) is 24.8 Å². The van der Waals surface area contributed by atoms with Gasteiger partial charge in [0, 0.05) is 25.2 Å². The predicted molar refractivity (Wildman–Crippen MR) is 72.2 cm³/mol. The number of aromatic nitrogens is 2. The molecule has 2 aliphatic heterocycles. The third-order valence-electron chi connectivity index (χ3n) is 4.00. The normalized spacial score (nSPS) is 29.4. The Kier molecular flexibility index (Phi) is 3.47. The van der Waals surface area contributed by atoms with E-state index in [1.807, 2.05) is 0 Å². The van der Waals surface area contributed by atoms with Gasteiger partial charge >= 0.3 is 0 Å². The number of anilines is 1. The van der Waals surface area contributed by atoms with Crippen LogP contribution in [0.4, 0.5) is 5.13 Å². The minimum Gasteiger partial charge on any atom is -0.298 e. The van der Waals surface area contributed by atoms with E-state index in [2.05, 4.69) is 32.3 Å². The van der Waals surface area contributed by atoms with Gasteiger partial charge in [0.15, 0.2) is 0 Å². The van der Waals surface area contributed by atoms with E-state index in [4.69, 9.17) is 5.84 Å². The van der Waals surface area contributed by atoms with Crippen LogP contribution in [0.5, 0.6) is 0 Å². The van der Waals surface area contributed by atoms with Crippen molar-refractivity contribution in [3.63, 3.8) is 0 Å². The van der Waals surface area contributed by atoms with E-state index in [9.17, 15) is 0 Å². The third-order valence-corrected chi connectivity index (χ3v) is 4.83. The molecule has 2 unspecified atom stereocenters. The second-order valence-electron chi connectivity index (χ2n) is 5.21. The number of nitrogens with one attached hydrogen (secondary N) is 1. The third kappa shape index (κ3) is 2.35. The molecular formula is C11H20N6S. The van der Waals surface area contributed by atoms with E-state index < -0.39 is 0 Å². The molecule has 0 spiro atoms. The molecule has 3 heterocycles. The number of hydrogen-bond donors (Lipinski definition) is 2. The Bertz CT molecular complexity index is 408. The first-order valence-corrected chi connectivity index (χ1v) is 7.35. The molecule has 0 aromatic carbocycles. The van der Waals surface area contributed by atoms with E-state index in [0.717, 1.165) is 24.1 Å². The van der Waals surface area contributed by atoms with Crippen LogP contribution < -0.4 is 11.3 Å². The molecule has 0 bridgehead atoms. The van der Waals surface area contributed by atoms with Crippen LogP contribution in [0.2, 0.25) is 0 Å². The molecule has 0 saturated carbocycles. The Balaban J connectivity index is 1.64. The van der Waals surface area contributed by atoms with Gasteiger partial charge in [-0.2, -0.15) is 0 Å². The molecule has 0 radical (unpaired) electrons. The van der Waals surface area contributed by atoms with Gasteiger partial charge in [0.2, 0.25) is 5.13 Å². The smallest absolute Gasteiger partial charge is 0.219 e. The maximum atomic E-state index is 5.33. The summed E-state index contributed by atoms with van der Waals surface area (Å²) < 4.78 is 0. The molecule has 2 saturated heterocycles. The van der Waals surface area contributed by atoms with E-state index >= 15 is 0 Å². The van der Waals surface area contributed by atoms with Gasteiger partial charge in [-0.05, 0) is 26.3 Å². The van der Waals surface area contributed by atoms with Crippen molar-refractivity contribution in [2.24, 2.45) is 5.84 Å². The SMILES string of the molecule is CC1CN2CCCC2CN1Cc1nnc(NN)s1. The summed E-state index contributed by atoms with van der Waals surface area (Å²) in [6.45, 7) is 6.82. The van der Waals surface area contributed by atoms with Crippen LogP contribution >= 0.6 is 11.3 Å². The molecule has 2 atom stereocenters. The zero-order valence-electron chi connectivity index (χ0n) is 10.7. The Morgan fingerprint density at radius 3 is 3.11 bits per heavy atom. The monoisotopic (exact) mass is 268 g/mol. The summed E-state index contributed by atoms with van der Waals surface area (Å²) in [5.41, 5.74) is 2.55. The van der Waals surface area contributed by atoms with Gasteiger partial charge in [-0.15, -0.1) is 10.2 Å². The van der Waals surface area contributed by atoms with Crippen LogP contribution in [0, 0.1) is 0 Å². The number of hydrazine groups is 1. The highest BCUT2D eigenvalue weighted by molar-refractivity contribution is 7.15. The summed E-state index contributed by atoms with van der Waals surface area (Å²) in [7, 11) is 0. The molecule has 0 aliphatic carbocycles. The highest BCUT2D eigenvalue weighted by atomic mass is 32.1. The van der Waals surface area contributed by atoms with E-state index in [0.29, 0.717) is 11.2 Å². The topological polar surface area (TPSA) is 70.3 Å². The van der Waals surface area contributed by atoms with Crippen LogP contribution in [0.15, 0.2) is 0 Å². The molecule has 100 valence electrons. The van der Waals surface area contributed by atoms with Crippen molar-refractivity contribution >= 4 is 16.5 Å². The van der Waals surface area contributed by atoms with E-state index in [-0.39, 0.29) is 0 Å². The maximum Gasteiger partial charge on any atom is 0.219 e. The molecule has 18 heavy (non-hydrogen) atoms. The molecule has 2 aliphatic rings. The van der Waals surface area contributed by atoms with Crippen molar-refractivity contribution in [1.82, 2.24) is 20.0 Å². The lowest BCUT2D eigenvalue weighted by Gasteiger charge is -2.41. The molecule has 3 N–H and O–H groups in total. The van der Waals surface area contributed by atoms with Crippen molar-refractivity contribution < 1.29 is 0 Å². The van der Waals surface area contributed by atoms with Gasteiger partial charge in [0.25, 0.3) is 0 Å². The number of nitrogens with two attached hydrogens (primary N) is 1. The maximum absolute atomic E-state index is 5.33. The lowest BCUT2D eigenvalue weighted by Crippen LogP contribution is -2.54. The van der Waals surface area contributed by atoms with Gasteiger partial charge in [-0.1, -0.05) is 11.3 Å². The van der Waals surface area contributed by atoms with Crippen molar-refractivity contribution in [2.45, 2.75) is 38.4 Å². The van der Waals surface area contributed by atoms with Gasteiger partial charge < -0.3 is 0 Å². The lowest BCUT2D eigenvalue weighted by atomic mass is 10.1. The van der Waals surface area contributed by atoms with Crippen molar-refractivity contribution in [3.8, 4) is 0 Å². The van der Waals surface area contributed by atoms with Crippen LogP contribution in [-0.2, 0) is 6.54 Å². The number of nitrogen functional groups attached to an aromatic ring is 1.